The number of hydrogen-bond donors (Lipinski definition) is 1. The van der Waals surface area contributed by atoms with Crippen LogP contribution in [0.25, 0.3) is 5.52 Å². The minimum absolute atomic E-state index is 0.00471. The quantitative estimate of drug-likeness (QED) is 0.852. The molecule has 2 saturated heterocycles. The molecule has 2 aliphatic heterocycles. The fourth-order valence-electron chi connectivity index (χ4n) is 4.04. The Hall–Kier alpha value is -2.41. The van der Waals surface area contributed by atoms with Gasteiger partial charge >= 0.3 is 0 Å². The summed E-state index contributed by atoms with van der Waals surface area (Å²) < 4.78 is 7.41. The zero-order chi connectivity index (χ0) is 17.9. The molecule has 0 bridgehead atoms. The molecule has 2 fully saturated rings. The topological polar surface area (TPSA) is 71.8 Å². The van der Waals surface area contributed by atoms with Crippen LogP contribution in [0.1, 0.15) is 37.2 Å². The van der Waals surface area contributed by atoms with Gasteiger partial charge in [0.15, 0.2) is 5.82 Å². The molecular weight excluding hydrogens is 330 g/mol. The summed E-state index contributed by atoms with van der Waals surface area (Å²) in [6, 6.07) is 2.34. The molecule has 0 saturated carbocycles. The zero-order valence-corrected chi connectivity index (χ0v) is 14.9. The molecule has 1 amide bonds. The minimum atomic E-state index is -0.00471. The Labute approximate surface area is 153 Å². The number of fused-ring (bicyclic) bond motifs is 1. The maximum absolute atomic E-state index is 11.9. The minimum Gasteiger partial charge on any atom is -0.381 e. The van der Waals surface area contributed by atoms with Gasteiger partial charge in [-0.15, -0.1) is 0 Å². The molecule has 2 aliphatic rings. The molecule has 0 spiro atoms. The van der Waals surface area contributed by atoms with Gasteiger partial charge < -0.3 is 15.0 Å². The van der Waals surface area contributed by atoms with Crippen molar-refractivity contribution < 1.29 is 9.53 Å². The van der Waals surface area contributed by atoms with Gasteiger partial charge in [-0.05, 0) is 49.3 Å². The molecule has 0 radical (unpaired) electrons. The second kappa shape index (κ2) is 7.45. The lowest BCUT2D eigenvalue weighted by molar-refractivity contribution is -0.127. The molecule has 2 aromatic heterocycles. The number of anilines is 1. The SMILES string of the molecule is C=CC(=O)N1CCC[C@@H](Nc2ncnn3ccc(C4CCOCC4)c23)C1. The Morgan fingerprint density at radius 1 is 1.35 bits per heavy atom. The van der Waals surface area contributed by atoms with Crippen LogP contribution in [0.2, 0.25) is 0 Å². The van der Waals surface area contributed by atoms with Crippen LogP contribution in [0.15, 0.2) is 31.2 Å². The van der Waals surface area contributed by atoms with E-state index in [1.807, 2.05) is 15.6 Å². The van der Waals surface area contributed by atoms with E-state index in [1.165, 1.54) is 11.6 Å². The first kappa shape index (κ1) is 17.0. The van der Waals surface area contributed by atoms with Gasteiger partial charge in [0.05, 0.1) is 0 Å². The summed E-state index contributed by atoms with van der Waals surface area (Å²) >= 11 is 0. The standard InChI is InChI=1S/C19H25N5O2/c1-2-17(25)23-8-3-4-15(12-23)22-19-18-16(14-6-10-26-11-7-14)5-9-24(18)21-13-20-19/h2,5,9,13-15H,1,3-4,6-8,10-12H2,(H,20,21,22)/t15-/m1/s1. The second-order valence-electron chi connectivity index (χ2n) is 7.03. The fraction of sp³-hybridized carbons (Fsp3) is 0.526. The van der Waals surface area contributed by atoms with Crippen molar-refractivity contribution in [3.63, 3.8) is 0 Å². The lowest BCUT2D eigenvalue weighted by Crippen LogP contribution is -2.44. The summed E-state index contributed by atoms with van der Waals surface area (Å²) in [5.41, 5.74) is 2.33. The lowest BCUT2D eigenvalue weighted by Gasteiger charge is -2.33. The maximum atomic E-state index is 11.9. The summed E-state index contributed by atoms with van der Waals surface area (Å²) in [6.45, 7) is 6.67. The van der Waals surface area contributed by atoms with Gasteiger partial charge in [0.2, 0.25) is 5.91 Å². The molecule has 138 valence electrons. The average Bonchev–Trinajstić information content (AvgIpc) is 3.13. The van der Waals surface area contributed by atoms with Crippen LogP contribution in [0.4, 0.5) is 5.82 Å². The molecule has 2 aromatic rings. The fourth-order valence-corrected chi connectivity index (χ4v) is 4.04. The highest BCUT2D eigenvalue weighted by Gasteiger charge is 2.25. The van der Waals surface area contributed by atoms with Gasteiger partial charge in [-0.2, -0.15) is 5.10 Å². The van der Waals surface area contributed by atoms with Gasteiger partial charge in [0.1, 0.15) is 11.8 Å². The maximum Gasteiger partial charge on any atom is 0.246 e. The molecule has 0 aromatic carbocycles. The van der Waals surface area contributed by atoms with E-state index in [0.29, 0.717) is 12.5 Å². The first-order valence-corrected chi connectivity index (χ1v) is 9.34. The van der Waals surface area contributed by atoms with Gasteiger partial charge in [-0.1, -0.05) is 6.58 Å². The van der Waals surface area contributed by atoms with E-state index in [2.05, 4.69) is 28.0 Å². The Bertz CT molecular complexity index is 796. The molecule has 7 nitrogen and oxygen atoms in total. The van der Waals surface area contributed by atoms with Crippen LogP contribution in [0, 0.1) is 0 Å². The van der Waals surface area contributed by atoms with Crippen LogP contribution in [0.5, 0.6) is 0 Å². The number of amides is 1. The third-order valence-electron chi connectivity index (χ3n) is 5.39. The summed E-state index contributed by atoms with van der Waals surface area (Å²) in [5.74, 6) is 1.32. The zero-order valence-electron chi connectivity index (χ0n) is 14.9. The van der Waals surface area contributed by atoms with E-state index in [-0.39, 0.29) is 11.9 Å². The average molecular weight is 355 g/mol. The van der Waals surface area contributed by atoms with Crippen LogP contribution in [-0.2, 0) is 9.53 Å². The van der Waals surface area contributed by atoms with Crippen molar-refractivity contribution in [1.82, 2.24) is 19.5 Å². The van der Waals surface area contributed by atoms with Crippen LogP contribution < -0.4 is 5.32 Å². The third kappa shape index (κ3) is 3.31. The van der Waals surface area contributed by atoms with Gasteiger partial charge in [-0.25, -0.2) is 9.50 Å². The van der Waals surface area contributed by atoms with E-state index in [0.717, 1.165) is 56.8 Å². The highest BCUT2D eigenvalue weighted by molar-refractivity contribution is 5.87. The Morgan fingerprint density at radius 3 is 3.00 bits per heavy atom. The predicted molar refractivity (Wildman–Crippen MR) is 99.2 cm³/mol. The van der Waals surface area contributed by atoms with Crippen LogP contribution in [-0.4, -0.2) is 57.8 Å². The summed E-state index contributed by atoms with van der Waals surface area (Å²) in [5, 5.41) is 7.93. The van der Waals surface area contributed by atoms with Crippen molar-refractivity contribution >= 4 is 17.2 Å². The number of likely N-dealkylation sites (tertiary alicyclic amines) is 1. The largest absolute Gasteiger partial charge is 0.381 e. The molecule has 4 rings (SSSR count). The van der Waals surface area contributed by atoms with Crippen molar-refractivity contribution in [3.05, 3.63) is 36.8 Å². The van der Waals surface area contributed by atoms with E-state index in [1.54, 1.807) is 6.33 Å². The number of nitrogens with one attached hydrogen (secondary N) is 1. The molecule has 1 atom stereocenters. The van der Waals surface area contributed by atoms with Crippen molar-refractivity contribution in [2.24, 2.45) is 0 Å². The highest BCUT2D eigenvalue weighted by atomic mass is 16.5. The normalized spacial score (nSPS) is 21.7. The van der Waals surface area contributed by atoms with Gasteiger partial charge in [0.25, 0.3) is 0 Å². The Kier molecular flexibility index (Phi) is 4.88. The number of rotatable bonds is 4. The smallest absolute Gasteiger partial charge is 0.246 e. The van der Waals surface area contributed by atoms with Crippen LogP contribution >= 0.6 is 0 Å². The first-order chi connectivity index (χ1) is 12.8. The molecule has 0 aliphatic carbocycles. The first-order valence-electron chi connectivity index (χ1n) is 9.34. The van der Waals surface area contributed by atoms with E-state index >= 15 is 0 Å². The van der Waals surface area contributed by atoms with Crippen LogP contribution in [0.3, 0.4) is 0 Å². The summed E-state index contributed by atoms with van der Waals surface area (Å²) in [6.07, 6.45) is 9.02. The number of carbonyl (C=O) groups excluding carboxylic acids is 1. The third-order valence-corrected chi connectivity index (χ3v) is 5.39. The number of aromatic nitrogens is 3. The highest BCUT2D eigenvalue weighted by Crippen LogP contribution is 2.33. The van der Waals surface area contributed by atoms with Crippen molar-refractivity contribution in [1.29, 1.82) is 0 Å². The van der Waals surface area contributed by atoms with E-state index in [4.69, 9.17) is 4.74 Å². The molecule has 26 heavy (non-hydrogen) atoms. The molecule has 1 N–H and O–H groups in total. The summed E-state index contributed by atoms with van der Waals surface area (Å²) in [7, 11) is 0. The monoisotopic (exact) mass is 355 g/mol. The number of piperidine rings is 1. The van der Waals surface area contributed by atoms with Crippen molar-refractivity contribution in [2.45, 2.75) is 37.6 Å². The number of carbonyl (C=O) groups is 1. The lowest BCUT2D eigenvalue weighted by atomic mass is 9.92. The number of nitrogens with zero attached hydrogens (tertiary/aromatic N) is 4. The Morgan fingerprint density at radius 2 is 2.19 bits per heavy atom. The van der Waals surface area contributed by atoms with Crippen molar-refractivity contribution in [2.75, 3.05) is 31.6 Å². The summed E-state index contributed by atoms with van der Waals surface area (Å²) in [4.78, 5) is 18.3. The Balaban J connectivity index is 1.59. The van der Waals surface area contributed by atoms with Crippen molar-refractivity contribution in [3.8, 4) is 0 Å². The second-order valence-corrected chi connectivity index (χ2v) is 7.03. The predicted octanol–water partition coefficient (Wildman–Crippen LogP) is 2.21. The van der Waals surface area contributed by atoms with Gasteiger partial charge in [0, 0.05) is 38.5 Å². The van der Waals surface area contributed by atoms with E-state index in [9.17, 15) is 4.79 Å². The molecule has 7 heteroatoms. The van der Waals surface area contributed by atoms with E-state index < -0.39 is 0 Å². The molecule has 4 heterocycles. The van der Waals surface area contributed by atoms with Gasteiger partial charge in [-0.3, -0.25) is 4.79 Å². The molecular formula is C19H25N5O2. The molecule has 0 unspecified atom stereocenters. The number of ether oxygens (including phenoxy) is 1. The number of hydrogen-bond acceptors (Lipinski definition) is 5.